The van der Waals surface area contributed by atoms with Crippen molar-refractivity contribution >= 4 is 11.7 Å². The average Bonchev–Trinajstić information content (AvgIpc) is 2.86. The van der Waals surface area contributed by atoms with E-state index in [2.05, 4.69) is 4.98 Å². The molecule has 0 bridgehead atoms. The molecule has 5 heteroatoms. The molecule has 1 N–H and O–H groups in total. The van der Waals surface area contributed by atoms with E-state index in [-0.39, 0.29) is 18.6 Å². The van der Waals surface area contributed by atoms with Crippen molar-refractivity contribution < 1.29 is 9.90 Å². The number of hydrogen-bond acceptors (Lipinski definition) is 4. The second-order valence-electron chi connectivity index (χ2n) is 4.77. The minimum atomic E-state index is -0.0338. The van der Waals surface area contributed by atoms with Gasteiger partial charge in [0.25, 0.3) is 5.91 Å². The number of likely N-dealkylation sites (tertiary alicyclic amines) is 1. The van der Waals surface area contributed by atoms with Gasteiger partial charge in [0, 0.05) is 32.4 Å². The Kier molecular flexibility index (Phi) is 3.81. The zero-order valence-corrected chi connectivity index (χ0v) is 10.8. The van der Waals surface area contributed by atoms with Crippen molar-refractivity contribution in [1.82, 2.24) is 9.88 Å². The minimum absolute atomic E-state index is 0.0166. The largest absolute Gasteiger partial charge is 0.394 e. The number of nitrogens with zero attached hydrogens (tertiary/aromatic N) is 3. The van der Waals surface area contributed by atoms with Crippen LogP contribution in [-0.2, 0) is 0 Å². The molecule has 2 rings (SSSR count). The predicted octanol–water partition coefficient (Wildman–Crippen LogP) is 0.744. The van der Waals surface area contributed by atoms with Crippen LogP contribution in [0.4, 0.5) is 5.82 Å². The van der Waals surface area contributed by atoms with E-state index in [1.807, 2.05) is 19.0 Å². The molecule has 1 saturated heterocycles. The number of aliphatic hydroxyl groups excluding tert-OH is 1. The first kappa shape index (κ1) is 12.8. The van der Waals surface area contributed by atoms with Crippen LogP contribution in [0.15, 0.2) is 18.3 Å². The molecule has 5 nitrogen and oxygen atoms in total. The maximum atomic E-state index is 12.4. The van der Waals surface area contributed by atoms with Crippen LogP contribution in [0, 0.1) is 0 Å². The zero-order chi connectivity index (χ0) is 13.1. The third-order valence-electron chi connectivity index (χ3n) is 3.30. The summed E-state index contributed by atoms with van der Waals surface area (Å²) in [6.45, 7) is 0.765. The highest BCUT2D eigenvalue weighted by Gasteiger charge is 2.28. The Morgan fingerprint density at radius 2 is 2.39 bits per heavy atom. The molecule has 0 saturated carbocycles. The second kappa shape index (κ2) is 5.35. The molecule has 1 atom stereocenters. The molecule has 0 aromatic carbocycles. The molecule has 1 aliphatic rings. The van der Waals surface area contributed by atoms with Crippen molar-refractivity contribution in [3.05, 3.63) is 23.9 Å². The summed E-state index contributed by atoms with van der Waals surface area (Å²) >= 11 is 0. The third-order valence-corrected chi connectivity index (χ3v) is 3.30. The average molecular weight is 249 g/mol. The van der Waals surface area contributed by atoms with E-state index >= 15 is 0 Å². The van der Waals surface area contributed by atoms with E-state index in [1.165, 1.54) is 0 Å². The van der Waals surface area contributed by atoms with Gasteiger partial charge in [0.2, 0.25) is 0 Å². The van der Waals surface area contributed by atoms with Crippen molar-refractivity contribution in [3.63, 3.8) is 0 Å². The summed E-state index contributed by atoms with van der Waals surface area (Å²) in [5.41, 5.74) is 0.633. The topological polar surface area (TPSA) is 56.7 Å². The number of rotatable bonds is 3. The van der Waals surface area contributed by atoms with Crippen molar-refractivity contribution in [2.45, 2.75) is 18.9 Å². The Hall–Kier alpha value is -1.62. The molecule has 0 unspecified atom stereocenters. The Labute approximate surface area is 107 Å². The monoisotopic (exact) mass is 249 g/mol. The van der Waals surface area contributed by atoms with Crippen molar-refractivity contribution in [2.24, 2.45) is 0 Å². The predicted molar refractivity (Wildman–Crippen MR) is 69.7 cm³/mol. The molecule has 0 radical (unpaired) electrons. The van der Waals surface area contributed by atoms with E-state index in [9.17, 15) is 9.90 Å². The maximum Gasteiger partial charge on any atom is 0.254 e. The fourth-order valence-electron chi connectivity index (χ4n) is 2.25. The first-order valence-electron chi connectivity index (χ1n) is 6.18. The highest BCUT2D eigenvalue weighted by atomic mass is 16.3. The number of aliphatic hydroxyl groups is 1. The summed E-state index contributed by atoms with van der Waals surface area (Å²) in [6, 6.07) is 3.48. The molecule has 0 spiro atoms. The lowest BCUT2D eigenvalue weighted by atomic mass is 10.2. The molecule has 1 aromatic heterocycles. The first-order valence-corrected chi connectivity index (χ1v) is 6.18. The van der Waals surface area contributed by atoms with Crippen molar-refractivity contribution in [1.29, 1.82) is 0 Å². The fraction of sp³-hybridized carbons (Fsp3) is 0.538. The summed E-state index contributed by atoms with van der Waals surface area (Å²) in [4.78, 5) is 20.2. The Bertz CT molecular complexity index is 434. The molecule has 18 heavy (non-hydrogen) atoms. The second-order valence-corrected chi connectivity index (χ2v) is 4.77. The summed E-state index contributed by atoms with van der Waals surface area (Å²) in [5, 5.41) is 9.26. The number of carbonyl (C=O) groups excluding carboxylic acids is 1. The molecule has 98 valence electrons. The fourth-order valence-corrected chi connectivity index (χ4v) is 2.25. The number of carbonyl (C=O) groups is 1. The normalized spacial score (nSPS) is 19.1. The number of aromatic nitrogens is 1. The van der Waals surface area contributed by atoms with E-state index in [0.717, 1.165) is 25.2 Å². The summed E-state index contributed by atoms with van der Waals surface area (Å²) in [5.74, 6) is 0.748. The van der Waals surface area contributed by atoms with Crippen LogP contribution in [0.25, 0.3) is 0 Å². The van der Waals surface area contributed by atoms with Gasteiger partial charge in [-0.15, -0.1) is 0 Å². The maximum absolute atomic E-state index is 12.4. The summed E-state index contributed by atoms with van der Waals surface area (Å²) in [6.07, 6.45) is 3.49. The Morgan fingerprint density at radius 1 is 1.61 bits per heavy atom. The number of hydrogen-bond donors (Lipinski definition) is 1. The van der Waals surface area contributed by atoms with Gasteiger partial charge in [-0.25, -0.2) is 4.98 Å². The van der Waals surface area contributed by atoms with E-state index in [0.29, 0.717) is 5.56 Å². The van der Waals surface area contributed by atoms with Gasteiger partial charge in [-0.2, -0.15) is 0 Å². The van der Waals surface area contributed by atoms with Crippen LogP contribution in [0.2, 0.25) is 0 Å². The molecular weight excluding hydrogens is 230 g/mol. The molecule has 1 amide bonds. The van der Waals surface area contributed by atoms with E-state index < -0.39 is 0 Å². The van der Waals surface area contributed by atoms with Crippen LogP contribution in [-0.4, -0.2) is 54.2 Å². The molecule has 0 aliphatic carbocycles. The minimum Gasteiger partial charge on any atom is -0.394 e. The lowest BCUT2D eigenvalue weighted by Gasteiger charge is -2.23. The SMILES string of the molecule is CN(C)c1cc(C(=O)N2CCC[C@@H]2CO)ccn1. The highest BCUT2D eigenvalue weighted by Crippen LogP contribution is 2.20. The van der Waals surface area contributed by atoms with Gasteiger partial charge < -0.3 is 14.9 Å². The number of pyridine rings is 1. The number of anilines is 1. The Morgan fingerprint density at radius 3 is 3.06 bits per heavy atom. The molecular formula is C13H19N3O2. The molecule has 1 aromatic rings. The van der Waals surface area contributed by atoms with Crippen LogP contribution in [0.3, 0.4) is 0 Å². The van der Waals surface area contributed by atoms with Gasteiger partial charge in [-0.05, 0) is 25.0 Å². The van der Waals surface area contributed by atoms with Gasteiger partial charge in [0.05, 0.1) is 12.6 Å². The van der Waals surface area contributed by atoms with Crippen LogP contribution in [0.5, 0.6) is 0 Å². The summed E-state index contributed by atoms with van der Waals surface area (Å²) in [7, 11) is 3.78. The quantitative estimate of drug-likeness (QED) is 0.858. The first-order chi connectivity index (χ1) is 8.63. The van der Waals surface area contributed by atoms with Crippen LogP contribution < -0.4 is 4.90 Å². The molecule has 1 aliphatic heterocycles. The van der Waals surface area contributed by atoms with Gasteiger partial charge in [-0.1, -0.05) is 0 Å². The lowest BCUT2D eigenvalue weighted by Crippen LogP contribution is -2.37. The van der Waals surface area contributed by atoms with Gasteiger partial charge in [0.1, 0.15) is 5.82 Å². The third kappa shape index (κ3) is 2.46. The van der Waals surface area contributed by atoms with E-state index in [4.69, 9.17) is 0 Å². The van der Waals surface area contributed by atoms with Crippen molar-refractivity contribution in [2.75, 3.05) is 32.1 Å². The van der Waals surface area contributed by atoms with Gasteiger partial charge in [-0.3, -0.25) is 4.79 Å². The lowest BCUT2D eigenvalue weighted by molar-refractivity contribution is 0.0677. The van der Waals surface area contributed by atoms with E-state index in [1.54, 1.807) is 23.2 Å². The Balaban J connectivity index is 2.20. The zero-order valence-electron chi connectivity index (χ0n) is 10.8. The molecule has 2 heterocycles. The van der Waals surface area contributed by atoms with Crippen LogP contribution >= 0.6 is 0 Å². The smallest absolute Gasteiger partial charge is 0.254 e. The van der Waals surface area contributed by atoms with Gasteiger partial charge in [0.15, 0.2) is 0 Å². The van der Waals surface area contributed by atoms with Gasteiger partial charge >= 0.3 is 0 Å². The number of amides is 1. The highest BCUT2D eigenvalue weighted by molar-refractivity contribution is 5.95. The standard InChI is InChI=1S/C13H19N3O2/c1-15(2)12-8-10(5-6-14-12)13(18)16-7-3-4-11(16)9-17/h5-6,8,11,17H,3-4,7,9H2,1-2H3/t11-/m1/s1. The molecule has 1 fully saturated rings. The van der Waals surface area contributed by atoms with Crippen LogP contribution in [0.1, 0.15) is 23.2 Å². The summed E-state index contributed by atoms with van der Waals surface area (Å²) < 4.78 is 0. The van der Waals surface area contributed by atoms with Crippen molar-refractivity contribution in [3.8, 4) is 0 Å².